The molecular formula is C19H16N6O. The normalized spacial score (nSPS) is 10.7. The van der Waals surface area contributed by atoms with Crippen LogP contribution < -0.4 is 15.8 Å². The number of para-hydroxylation sites is 1. The molecule has 0 aliphatic heterocycles. The van der Waals surface area contributed by atoms with Crippen molar-refractivity contribution in [2.24, 2.45) is 0 Å². The lowest BCUT2D eigenvalue weighted by Crippen LogP contribution is -2.04. The van der Waals surface area contributed by atoms with Crippen molar-refractivity contribution in [1.82, 2.24) is 19.9 Å². The van der Waals surface area contributed by atoms with Crippen LogP contribution in [0.1, 0.15) is 5.56 Å². The number of anilines is 3. The number of pyridine rings is 2. The maximum atomic E-state index is 6.20. The van der Waals surface area contributed by atoms with Crippen LogP contribution in [0.4, 0.5) is 17.3 Å². The van der Waals surface area contributed by atoms with Gasteiger partial charge in [0.05, 0.1) is 0 Å². The number of aromatic nitrogens is 4. The number of nitrogens with one attached hydrogen (secondary N) is 1. The summed E-state index contributed by atoms with van der Waals surface area (Å²) in [6, 6.07) is 13.3. The van der Waals surface area contributed by atoms with E-state index in [1.54, 1.807) is 12.4 Å². The first-order valence-corrected chi connectivity index (χ1v) is 8.02. The van der Waals surface area contributed by atoms with E-state index in [4.69, 9.17) is 10.5 Å². The number of nitrogens with zero attached hydrogens (tertiary/aromatic N) is 4. The van der Waals surface area contributed by atoms with Crippen LogP contribution >= 0.6 is 0 Å². The summed E-state index contributed by atoms with van der Waals surface area (Å²) >= 11 is 0. The van der Waals surface area contributed by atoms with E-state index in [0.29, 0.717) is 23.1 Å². The average Bonchev–Trinajstić information content (AvgIpc) is 2.65. The number of fused-ring (bicyclic) bond motifs is 1. The number of ether oxygens (including phenoxy) is 1. The van der Waals surface area contributed by atoms with Gasteiger partial charge in [-0.2, -0.15) is 4.98 Å². The molecule has 4 aromatic rings. The van der Waals surface area contributed by atoms with Crippen molar-refractivity contribution in [1.29, 1.82) is 0 Å². The number of hydrogen-bond donors (Lipinski definition) is 2. The van der Waals surface area contributed by atoms with Gasteiger partial charge in [-0.1, -0.05) is 18.2 Å². The zero-order valence-electron chi connectivity index (χ0n) is 14.0. The molecule has 26 heavy (non-hydrogen) atoms. The van der Waals surface area contributed by atoms with Crippen molar-refractivity contribution in [3.8, 4) is 11.6 Å². The molecule has 3 heterocycles. The summed E-state index contributed by atoms with van der Waals surface area (Å²) in [5.41, 5.74) is 8.31. The van der Waals surface area contributed by atoms with E-state index in [9.17, 15) is 0 Å². The minimum Gasteiger partial charge on any atom is -0.435 e. The Morgan fingerprint density at radius 3 is 2.73 bits per heavy atom. The van der Waals surface area contributed by atoms with Crippen LogP contribution in [0.25, 0.3) is 10.9 Å². The Labute approximate surface area is 149 Å². The molecule has 4 rings (SSSR count). The molecule has 0 bridgehead atoms. The Balaban J connectivity index is 1.67. The molecule has 3 aromatic heterocycles. The van der Waals surface area contributed by atoms with Crippen molar-refractivity contribution in [2.45, 2.75) is 6.92 Å². The highest BCUT2D eigenvalue weighted by Gasteiger charge is 2.13. The maximum absolute atomic E-state index is 6.20. The van der Waals surface area contributed by atoms with E-state index in [0.717, 1.165) is 16.5 Å². The van der Waals surface area contributed by atoms with Gasteiger partial charge in [0.2, 0.25) is 5.88 Å². The highest BCUT2D eigenvalue weighted by atomic mass is 16.5. The van der Waals surface area contributed by atoms with Crippen molar-refractivity contribution in [3.05, 3.63) is 66.7 Å². The van der Waals surface area contributed by atoms with Crippen molar-refractivity contribution in [2.75, 3.05) is 11.1 Å². The van der Waals surface area contributed by atoms with E-state index < -0.39 is 0 Å². The smallest absolute Gasteiger partial charge is 0.248 e. The molecule has 0 radical (unpaired) electrons. The lowest BCUT2D eigenvalue weighted by molar-refractivity contribution is 0.469. The molecule has 0 amide bonds. The van der Waals surface area contributed by atoms with E-state index >= 15 is 0 Å². The number of nitrogen functional groups attached to an aromatic ring is 1. The zero-order valence-corrected chi connectivity index (χ0v) is 14.0. The Morgan fingerprint density at radius 1 is 0.962 bits per heavy atom. The molecule has 0 unspecified atom stereocenters. The number of rotatable bonds is 4. The van der Waals surface area contributed by atoms with Crippen LogP contribution in [0.15, 0.2) is 61.2 Å². The van der Waals surface area contributed by atoms with Crippen molar-refractivity contribution < 1.29 is 4.74 Å². The Kier molecular flexibility index (Phi) is 4.03. The standard InChI is InChI=1S/C19H16N6O/c1-12-7-9-21-15(10-12)25-18-16(20)19(24-11-23-18)26-14-6-2-4-13-5-3-8-22-17(13)14/h2-11H,20H2,1H3,(H,21,23,24,25). The third-order valence-corrected chi connectivity index (χ3v) is 3.81. The predicted molar refractivity (Wildman–Crippen MR) is 101 cm³/mol. The Morgan fingerprint density at radius 2 is 1.85 bits per heavy atom. The van der Waals surface area contributed by atoms with Gasteiger partial charge in [0.25, 0.3) is 0 Å². The molecule has 7 heteroatoms. The lowest BCUT2D eigenvalue weighted by Gasteiger charge is -2.12. The van der Waals surface area contributed by atoms with Crippen LogP contribution in [0, 0.1) is 6.92 Å². The van der Waals surface area contributed by atoms with E-state index in [1.807, 2.05) is 49.4 Å². The van der Waals surface area contributed by atoms with Gasteiger partial charge in [-0.3, -0.25) is 4.98 Å². The van der Waals surface area contributed by atoms with Gasteiger partial charge < -0.3 is 15.8 Å². The molecule has 0 aliphatic carbocycles. The SMILES string of the molecule is Cc1ccnc(Nc2ncnc(Oc3cccc4cccnc34)c2N)c1. The van der Waals surface area contributed by atoms with Gasteiger partial charge in [-0.05, 0) is 36.8 Å². The van der Waals surface area contributed by atoms with Gasteiger partial charge in [-0.25, -0.2) is 9.97 Å². The molecule has 128 valence electrons. The second-order valence-corrected chi connectivity index (χ2v) is 5.72. The molecule has 0 atom stereocenters. The fraction of sp³-hybridized carbons (Fsp3) is 0.0526. The molecule has 3 N–H and O–H groups in total. The van der Waals surface area contributed by atoms with Gasteiger partial charge in [-0.15, -0.1) is 0 Å². The minimum absolute atomic E-state index is 0.258. The number of aryl methyl sites for hydroxylation is 1. The first-order chi connectivity index (χ1) is 12.7. The van der Waals surface area contributed by atoms with Crippen molar-refractivity contribution in [3.63, 3.8) is 0 Å². The molecular weight excluding hydrogens is 328 g/mol. The summed E-state index contributed by atoms with van der Waals surface area (Å²) in [4.78, 5) is 17.0. The first kappa shape index (κ1) is 15.8. The van der Waals surface area contributed by atoms with Crippen LogP contribution in [-0.4, -0.2) is 19.9 Å². The highest BCUT2D eigenvalue weighted by Crippen LogP contribution is 2.33. The van der Waals surface area contributed by atoms with Crippen molar-refractivity contribution >= 4 is 28.2 Å². The van der Waals surface area contributed by atoms with Crippen LogP contribution in [-0.2, 0) is 0 Å². The monoisotopic (exact) mass is 344 g/mol. The summed E-state index contributed by atoms with van der Waals surface area (Å²) in [5.74, 6) is 1.91. The van der Waals surface area contributed by atoms with Gasteiger partial charge in [0.1, 0.15) is 23.3 Å². The largest absolute Gasteiger partial charge is 0.435 e. The molecule has 7 nitrogen and oxygen atoms in total. The topological polar surface area (TPSA) is 98.8 Å². The quantitative estimate of drug-likeness (QED) is 0.580. The molecule has 1 aromatic carbocycles. The second kappa shape index (κ2) is 6.64. The minimum atomic E-state index is 0.258. The number of hydrogen-bond acceptors (Lipinski definition) is 7. The maximum Gasteiger partial charge on any atom is 0.248 e. The Hall–Kier alpha value is -3.74. The summed E-state index contributed by atoms with van der Waals surface area (Å²) in [6.07, 6.45) is 4.82. The summed E-state index contributed by atoms with van der Waals surface area (Å²) in [6.45, 7) is 1.98. The van der Waals surface area contributed by atoms with Crippen LogP contribution in [0.3, 0.4) is 0 Å². The molecule has 0 saturated heterocycles. The Bertz CT molecular complexity index is 1080. The number of nitrogens with two attached hydrogens (primary N) is 1. The molecule has 0 fully saturated rings. The summed E-state index contributed by atoms with van der Waals surface area (Å²) in [7, 11) is 0. The molecule has 0 spiro atoms. The van der Waals surface area contributed by atoms with Crippen LogP contribution in [0.2, 0.25) is 0 Å². The number of benzene rings is 1. The lowest BCUT2D eigenvalue weighted by atomic mass is 10.2. The summed E-state index contributed by atoms with van der Waals surface area (Å²) < 4.78 is 5.93. The average molecular weight is 344 g/mol. The van der Waals surface area contributed by atoms with E-state index in [2.05, 4.69) is 25.3 Å². The second-order valence-electron chi connectivity index (χ2n) is 5.72. The van der Waals surface area contributed by atoms with Gasteiger partial charge >= 0.3 is 0 Å². The third kappa shape index (κ3) is 3.10. The third-order valence-electron chi connectivity index (χ3n) is 3.81. The van der Waals surface area contributed by atoms with Gasteiger partial charge in [0, 0.05) is 17.8 Å². The fourth-order valence-corrected chi connectivity index (χ4v) is 2.55. The highest BCUT2D eigenvalue weighted by molar-refractivity contribution is 5.84. The molecule has 0 aliphatic rings. The molecule has 0 saturated carbocycles. The predicted octanol–water partition coefficient (Wildman–Crippen LogP) is 3.85. The zero-order chi connectivity index (χ0) is 17.9. The van der Waals surface area contributed by atoms with Gasteiger partial charge in [0.15, 0.2) is 11.6 Å². The summed E-state index contributed by atoms with van der Waals surface area (Å²) in [5, 5.41) is 4.07. The van der Waals surface area contributed by atoms with E-state index in [1.165, 1.54) is 6.33 Å². The van der Waals surface area contributed by atoms with Crippen LogP contribution in [0.5, 0.6) is 11.6 Å². The first-order valence-electron chi connectivity index (χ1n) is 8.02. The van der Waals surface area contributed by atoms with E-state index in [-0.39, 0.29) is 5.88 Å². The fourth-order valence-electron chi connectivity index (χ4n) is 2.55.